The van der Waals surface area contributed by atoms with E-state index in [-0.39, 0.29) is 0 Å². The van der Waals surface area contributed by atoms with Crippen LogP contribution in [0.25, 0.3) is 124 Å². The molecule has 0 aliphatic rings. The lowest BCUT2D eigenvalue weighted by Crippen LogP contribution is -2.10. The van der Waals surface area contributed by atoms with Gasteiger partial charge in [-0.15, -0.1) is 20.4 Å². The SMILES string of the molecule is c1ccc(-c2cccc(-c3ccc(-c4cccc(-c5ccccc5)c4)c4nc(-c5ccc(N(c6ccccc6)c6ccc(-c7nnc(-c8ccccc8)o7)cc6)cc5)c(-c5ccc(N(c6ccccc6)c6ccc(-c7nnc(-c8ccccc8)o7)cc6)cc5)nc34)c2)cc1. The van der Waals surface area contributed by atoms with Gasteiger partial charge in [0.15, 0.2) is 0 Å². The third-order valence-corrected chi connectivity index (χ3v) is 16.8. The van der Waals surface area contributed by atoms with Gasteiger partial charge in [0.2, 0.25) is 23.6 Å². The maximum atomic E-state index is 6.18. The van der Waals surface area contributed by atoms with Crippen molar-refractivity contribution in [2.75, 3.05) is 9.80 Å². The molecule has 0 unspecified atom stereocenters. The zero-order chi connectivity index (χ0) is 62.6. The van der Waals surface area contributed by atoms with Gasteiger partial charge in [0.25, 0.3) is 0 Å². The monoisotopic (exact) mass is 1210 g/mol. The molecule has 3 aromatic heterocycles. The van der Waals surface area contributed by atoms with Gasteiger partial charge in [-0.1, -0.05) is 206 Å². The van der Waals surface area contributed by atoms with Crippen LogP contribution in [0.15, 0.2) is 349 Å². The standard InChI is InChI=1S/C84H56N8O2/c1-7-21-57(22-8-1)65-29-19-31-67(55-65)75-53-54-76(68-32-20-30-66(56-68)58-23-9-2-10-24-58)80-79(75)85-77(59-37-45-71(46-38-59)91(69-33-15-5-16-34-69)73-49-41-63(42-50-73)83-89-87-81(93-83)61-25-11-3-12-26-61)78(86-80)60-39-47-72(48-40-60)92(70-35-17-6-18-36-70)74-51-43-64(44-52-74)84-90-88-82(94-84)62-27-13-4-14-28-62/h1-56H. The van der Waals surface area contributed by atoms with Gasteiger partial charge in [0, 0.05) is 78.6 Å². The maximum absolute atomic E-state index is 6.18. The Morgan fingerprint density at radius 3 is 0.755 bits per heavy atom. The predicted molar refractivity (Wildman–Crippen MR) is 379 cm³/mol. The summed E-state index contributed by atoms with van der Waals surface area (Å²) in [7, 11) is 0. The molecule has 13 aromatic carbocycles. The molecule has 16 aromatic rings. The highest BCUT2D eigenvalue weighted by Gasteiger charge is 2.23. The van der Waals surface area contributed by atoms with Crippen LogP contribution >= 0.6 is 0 Å². The van der Waals surface area contributed by atoms with Gasteiger partial charge in [0.1, 0.15) is 0 Å². The molecule has 0 radical (unpaired) electrons. The molecule has 0 amide bonds. The van der Waals surface area contributed by atoms with Crippen LogP contribution in [0, 0.1) is 0 Å². The van der Waals surface area contributed by atoms with E-state index in [1.165, 1.54) is 0 Å². The third-order valence-electron chi connectivity index (χ3n) is 16.8. The van der Waals surface area contributed by atoms with Gasteiger partial charge in [-0.2, -0.15) is 0 Å². The van der Waals surface area contributed by atoms with Gasteiger partial charge in [-0.25, -0.2) is 9.97 Å². The average Bonchev–Trinajstić information content (AvgIpc) is 0.889. The largest absolute Gasteiger partial charge is 0.416 e. The van der Waals surface area contributed by atoms with E-state index in [1.54, 1.807) is 0 Å². The highest BCUT2D eigenvalue weighted by atomic mass is 16.4. The number of rotatable bonds is 16. The highest BCUT2D eigenvalue weighted by molar-refractivity contribution is 6.04. The predicted octanol–water partition coefficient (Wildman–Crippen LogP) is 22.0. The summed E-state index contributed by atoms with van der Waals surface area (Å²) >= 11 is 0. The third kappa shape index (κ3) is 11.4. The van der Waals surface area contributed by atoms with Gasteiger partial charge in [-0.3, -0.25) is 0 Å². The molecule has 0 aliphatic carbocycles. The molecule has 0 N–H and O–H groups in total. The number of hydrogen-bond acceptors (Lipinski definition) is 10. The van der Waals surface area contributed by atoms with E-state index in [0.717, 1.165) is 134 Å². The van der Waals surface area contributed by atoms with Crippen LogP contribution in [0.1, 0.15) is 0 Å². The number of benzene rings is 13. The summed E-state index contributed by atoms with van der Waals surface area (Å²) in [4.78, 5) is 16.3. The van der Waals surface area contributed by atoms with Crippen molar-refractivity contribution in [2.45, 2.75) is 0 Å². The number of nitrogens with zero attached hydrogens (tertiary/aromatic N) is 8. The van der Waals surface area contributed by atoms with Crippen molar-refractivity contribution in [1.82, 2.24) is 30.4 Å². The van der Waals surface area contributed by atoms with Crippen molar-refractivity contribution in [3.05, 3.63) is 340 Å². The first-order valence-corrected chi connectivity index (χ1v) is 31.1. The molecule has 0 atom stereocenters. The van der Waals surface area contributed by atoms with Crippen molar-refractivity contribution in [3.63, 3.8) is 0 Å². The Hall–Kier alpha value is -12.9. The minimum Gasteiger partial charge on any atom is -0.416 e. The molecule has 3 heterocycles. The zero-order valence-corrected chi connectivity index (χ0v) is 50.7. The number of fused-ring (bicyclic) bond motifs is 1. The van der Waals surface area contributed by atoms with Crippen LogP contribution in [0.3, 0.4) is 0 Å². The van der Waals surface area contributed by atoms with E-state index in [1.807, 2.05) is 97.1 Å². The first-order valence-electron chi connectivity index (χ1n) is 31.1. The van der Waals surface area contributed by atoms with Crippen LogP contribution in [0.2, 0.25) is 0 Å². The summed E-state index contributed by atoms with van der Waals surface area (Å²) in [5, 5.41) is 17.6. The minimum absolute atomic E-state index is 0.446. The van der Waals surface area contributed by atoms with Gasteiger partial charge < -0.3 is 18.6 Å². The fourth-order valence-electron chi connectivity index (χ4n) is 12.2. The Labute approximate surface area is 543 Å². The Morgan fingerprint density at radius 1 is 0.191 bits per heavy atom. The van der Waals surface area contributed by atoms with E-state index >= 15 is 0 Å². The second-order valence-electron chi connectivity index (χ2n) is 22.8. The molecule has 94 heavy (non-hydrogen) atoms. The molecule has 0 aliphatic heterocycles. The summed E-state index contributed by atoms with van der Waals surface area (Å²) in [5.74, 6) is 1.83. The summed E-state index contributed by atoms with van der Waals surface area (Å²) in [6.45, 7) is 0. The molecule has 10 nitrogen and oxygen atoms in total. The van der Waals surface area contributed by atoms with Gasteiger partial charge in [0.05, 0.1) is 22.4 Å². The minimum atomic E-state index is 0.446. The molecule has 0 spiro atoms. The lowest BCUT2D eigenvalue weighted by molar-refractivity contribution is 0.584. The molecule has 16 rings (SSSR count). The lowest BCUT2D eigenvalue weighted by Gasteiger charge is -2.26. The Kier molecular flexibility index (Phi) is 15.1. The molecule has 0 saturated carbocycles. The second-order valence-corrected chi connectivity index (χ2v) is 22.8. The Bertz CT molecular complexity index is 4930. The van der Waals surface area contributed by atoms with Crippen LogP contribution in [-0.4, -0.2) is 30.4 Å². The van der Waals surface area contributed by atoms with E-state index in [0.29, 0.717) is 23.6 Å². The van der Waals surface area contributed by atoms with Crippen molar-refractivity contribution < 1.29 is 8.83 Å². The van der Waals surface area contributed by atoms with Crippen LogP contribution in [-0.2, 0) is 0 Å². The molecule has 0 bridgehead atoms. The highest BCUT2D eigenvalue weighted by Crippen LogP contribution is 2.44. The molecule has 10 heteroatoms. The molecular weight excluding hydrogens is 1150 g/mol. The van der Waals surface area contributed by atoms with Crippen molar-refractivity contribution in [2.24, 2.45) is 0 Å². The van der Waals surface area contributed by atoms with Crippen LogP contribution < -0.4 is 9.80 Å². The summed E-state index contributed by atoms with van der Waals surface area (Å²) in [5.41, 5.74) is 22.5. The second kappa shape index (κ2) is 25.2. The zero-order valence-electron chi connectivity index (χ0n) is 50.7. The fourth-order valence-corrected chi connectivity index (χ4v) is 12.2. The van der Waals surface area contributed by atoms with E-state index in [4.69, 9.17) is 18.8 Å². The van der Waals surface area contributed by atoms with Crippen LogP contribution in [0.5, 0.6) is 0 Å². The quantitative estimate of drug-likeness (QED) is 0.0927. The summed E-state index contributed by atoms with van der Waals surface area (Å²) in [6.07, 6.45) is 0. The van der Waals surface area contributed by atoms with Gasteiger partial charge in [-0.05, 0) is 167 Å². The number of para-hydroxylation sites is 2. The maximum Gasteiger partial charge on any atom is 0.248 e. The fraction of sp³-hybridized carbons (Fsp3) is 0. The summed E-state index contributed by atoms with van der Waals surface area (Å²) in [6, 6.07) is 117. The first-order chi connectivity index (χ1) is 46.6. The number of anilines is 6. The summed E-state index contributed by atoms with van der Waals surface area (Å²) < 4.78 is 12.4. The molecular formula is C84H56N8O2. The first kappa shape index (κ1) is 56.3. The van der Waals surface area contributed by atoms with Gasteiger partial charge >= 0.3 is 0 Å². The molecule has 444 valence electrons. The van der Waals surface area contributed by atoms with E-state index < -0.39 is 0 Å². The van der Waals surface area contributed by atoms with Crippen LogP contribution in [0.4, 0.5) is 34.1 Å². The Balaban J connectivity index is 0.837. The molecule has 0 fully saturated rings. The van der Waals surface area contributed by atoms with Crippen molar-refractivity contribution in [3.8, 4) is 113 Å². The lowest BCUT2D eigenvalue weighted by atomic mass is 9.93. The van der Waals surface area contributed by atoms with E-state index in [2.05, 4.69) is 273 Å². The van der Waals surface area contributed by atoms with Crippen molar-refractivity contribution >= 4 is 45.2 Å². The normalized spacial score (nSPS) is 11.2. The number of aromatic nitrogens is 6. The van der Waals surface area contributed by atoms with E-state index in [9.17, 15) is 0 Å². The smallest absolute Gasteiger partial charge is 0.248 e. The van der Waals surface area contributed by atoms with Crippen molar-refractivity contribution in [1.29, 1.82) is 0 Å². The topological polar surface area (TPSA) is 110 Å². The molecule has 0 saturated heterocycles. The Morgan fingerprint density at radius 2 is 0.436 bits per heavy atom. The number of hydrogen-bond donors (Lipinski definition) is 0. The average molecular weight is 1210 g/mol.